The highest BCUT2D eigenvalue weighted by atomic mass is 16.6. The number of rotatable bonds is 8. The van der Waals surface area contributed by atoms with E-state index in [4.69, 9.17) is 9.47 Å². The standard InChI is InChI=1S/C24H33N3O3/c1-26(15-14-18-8-9-18)24(28)29-17-23-22(16-25-27(23)2)19-10-12-21(13-11-19)30-20-6-4-3-5-7-20/h10-13,16,18,20H,3-9,14-15,17H2,1-2H3. The summed E-state index contributed by atoms with van der Waals surface area (Å²) in [5.41, 5.74) is 2.92. The maximum absolute atomic E-state index is 12.3. The number of hydrogen-bond donors (Lipinski definition) is 0. The van der Waals surface area contributed by atoms with Crippen molar-refractivity contribution < 1.29 is 14.3 Å². The largest absolute Gasteiger partial charge is 0.490 e. The number of ether oxygens (including phenoxy) is 2. The normalized spacial score (nSPS) is 17.0. The SMILES string of the molecule is CN(CCC1CC1)C(=O)OCc1c(-c2ccc(OC3CCCCC3)cc2)cnn1C. The summed E-state index contributed by atoms with van der Waals surface area (Å²) < 4.78 is 13.5. The molecule has 6 heteroatoms. The summed E-state index contributed by atoms with van der Waals surface area (Å²) >= 11 is 0. The third-order valence-electron chi connectivity index (χ3n) is 6.30. The number of aryl methyl sites for hydroxylation is 1. The Bertz CT molecular complexity index is 836. The first-order valence-corrected chi connectivity index (χ1v) is 11.3. The van der Waals surface area contributed by atoms with Crippen LogP contribution in [0.25, 0.3) is 11.1 Å². The summed E-state index contributed by atoms with van der Waals surface area (Å²) in [5.74, 6) is 1.72. The first-order chi connectivity index (χ1) is 14.6. The van der Waals surface area contributed by atoms with Gasteiger partial charge in [-0.15, -0.1) is 0 Å². The van der Waals surface area contributed by atoms with Crippen LogP contribution in [0.3, 0.4) is 0 Å². The van der Waals surface area contributed by atoms with Crippen LogP contribution in [0.5, 0.6) is 5.75 Å². The third-order valence-corrected chi connectivity index (χ3v) is 6.30. The van der Waals surface area contributed by atoms with Crippen molar-refractivity contribution >= 4 is 6.09 Å². The van der Waals surface area contributed by atoms with Gasteiger partial charge in [0.05, 0.1) is 18.0 Å². The predicted molar refractivity (Wildman–Crippen MR) is 116 cm³/mol. The van der Waals surface area contributed by atoms with Crippen LogP contribution in [0.4, 0.5) is 4.79 Å². The zero-order chi connectivity index (χ0) is 20.9. The number of benzene rings is 1. The molecule has 6 nitrogen and oxygen atoms in total. The van der Waals surface area contributed by atoms with E-state index in [0.717, 1.165) is 54.3 Å². The molecule has 0 spiro atoms. The van der Waals surface area contributed by atoms with E-state index < -0.39 is 0 Å². The molecular weight excluding hydrogens is 378 g/mol. The van der Waals surface area contributed by atoms with Crippen LogP contribution < -0.4 is 4.74 Å². The highest BCUT2D eigenvalue weighted by Gasteiger charge is 2.23. The van der Waals surface area contributed by atoms with Gasteiger partial charge in [0.1, 0.15) is 12.4 Å². The fourth-order valence-corrected chi connectivity index (χ4v) is 4.08. The molecule has 4 rings (SSSR count). The molecule has 1 amide bonds. The van der Waals surface area contributed by atoms with E-state index in [-0.39, 0.29) is 12.7 Å². The molecular formula is C24H33N3O3. The first kappa shape index (κ1) is 20.8. The molecule has 2 fully saturated rings. The Morgan fingerprint density at radius 1 is 1.13 bits per heavy atom. The van der Waals surface area contributed by atoms with Gasteiger partial charge in [-0.05, 0) is 55.7 Å². The van der Waals surface area contributed by atoms with E-state index in [2.05, 4.69) is 17.2 Å². The average Bonchev–Trinajstić information content (AvgIpc) is 3.53. The molecule has 0 bridgehead atoms. The molecule has 2 aromatic rings. The van der Waals surface area contributed by atoms with Gasteiger partial charge in [-0.25, -0.2) is 4.79 Å². The van der Waals surface area contributed by atoms with Gasteiger partial charge < -0.3 is 14.4 Å². The lowest BCUT2D eigenvalue weighted by atomic mass is 9.98. The van der Waals surface area contributed by atoms with E-state index in [9.17, 15) is 4.79 Å². The smallest absolute Gasteiger partial charge is 0.409 e. The van der Waals surface area contributed by atoms with Gasteiger partial charge >= 0.3 is 6.09 Å². The van der Waals surface area contributed by atoms with Gasteiger partial charge in [-0.1, -0.05) is 31.4 Å². The second kappa shape index (κ2) is 9.54. The van der Waals surface area contributed by atoms with Crippen molar-refractivity contribution in [3.63, 3.8) is 0 Å². The van der Waals surface area contributed by atoms with Crippen LogP contribution >= 0.6 is 0 Å². The molecule has 2 aliphatic rings. The van der Waals surface area contributed by atoms with Gasteiger partial charge in [0, 0.05) is 26.2 Å². The van der Waals surface area contributed by atoms with Crippen molar-refractivity contribution in [1.29, 1.82) is 0 Å². The molecule has 1 aromatic carbocycles. The van der Waals surface area contributed by atoms with Gasteiger partial charge in [0.25, 0.3) is 0 Å². The summed E-state index contributed by atoms with van der Waals surface area (Å²) in [6.45, 7) is 0.961. The fraction of sp³-hybridized carbons (Fsp3) is 0.583. The van der Waals surface area contributed by atoms with Crippen molar-refractivity contribution in [3.05, 3.63) is 36.2 Å². The Morgan fingerprint density at radius 2 is 1.87 bits per heavy atom. The zero-order valence-corrected chi connectivity index (χ0v) is 18.2. The van der Waals surface area contributed by atoms with Gasteiger partial charge in [-0.2, -0.15) is 5.10 Å². The average molecular weight is 412 g/mol. The van der Waals surface area contributed by atoms with Crippen molar-refractivity contribution in [2.75, 3.05) is 13.6 Å². The molecule has 0 radical (unpaired) electrons. The molecule has 30 heavy (non-hydrogen) atoms. The molecule has 1 heterocycles. The Hall–Kier alpha value is -2.50. The van der Waals surface area contributed by atoms with Crippen molar-refractivity contribution in [1.82, 2.24) is 14.7 Å². The lowest BCUT2D eigenvalue weighted by Gasteiger charge is -2.23. The van der Waals surface area contributed by atoms with Crippen LogP contribution in [-0.4, -0.2) is 40.5 Å². The van der Waals surface area contributed by atoms with E-state index in [1.165, 1.54) is 32.1 Å². The first-order valence-electron chi connectivity index (χ1n) is 11.3. The maximum Gasteiger partial charge on any atom is 0.409 e. The Morgan fingerprint density at radius 3 is 2.57 bits per heavy atom. The molecule has 0 N–H and O–H groups in total. The van der Waals surface area contributed by atoms with E-state index in [1.54, 1.807) is 16.6 Å². The summed E-state index contributed by atoms with van der Waals surface area (Å²) in [7, 11) is 3.68. The Balaban J connectivity index is 1.35. The molecule has 1 aromatic heterocycles. The van der Waals surface area contributed by atoms with Crippen LogP contribution in [0.15, 0.2) is 30.5 Å². The zero-order valence-electron chi connectivity index (χ0n) is 18.2. The van der Waals surface area contributed by atoms with E-state index in [0.29, 0.717) is 6.10 Å². The van der Waals surface area contributed by atoms with Crippen LogP contribution in [-0.2, 0) is 18.4 Å². The number of nitrogens with zero attached hydrogens (tertiary/aromatic N) is 3. The molecule has 0 atom stereocenters. The van der Waals surface area contributed by atoms with Crippen molar-refractivity contribution in [3.8, 4) is 16.9 Å². The Kier molecular flexibility index (Phi) is 6.60. The van der Waals surface area contributed by atoms with E-state index >= 15 is 0 Å². The summed E-state index contributed by atoms with van der Waals surface area (Å²) in [6.07, 6.45) is 11.7. The Labute approximate surface area is 179 Å². The quantitative estimate of drug-likeness (QED) is 0.601. The minimum absolute atomic E-state index is 0.207. The lowest BCUT2D eigenvalue weighted by molar-refractivity contribution is 0.102. The summed E-state index contributed by atoms with van der Waals surface area (Å²) in [5, 5.41) is 4.38. The summed E-state index contributed by atoms with van der Waals surface area (Å²) in [4.78, 5) is 14.0. The van der Waals surface area contributed by atoms with Gasteiger partial charge in [0.15, 0.2) is 0 Å². The van der Waals surface area contributed by atoms with Crippen molar-refractivity contribution in [2.24, 2.45) is 13.0 Å². The third kappa shape index (κ3) is 5.35. The number of hydrogen-bond acceptors (Lipinski definition) is 4. The van der Waals surface area contributed by atoms with Crippen LogP contribution in [0.1, 0.15) is 57.1 Å². The second-order valence-corrected chi connectivity index (χ2v) is 8.74. The highest BCUT2D eigenvalue weighted by Crippen LogP contribution is 2.32. The lowest BCUT2D eigenvalue weighted by Crippen LogP contribution is -2.28. The maximum atomic E-state index is 12.3. The highest BCUT2D eigenvalue weighted by molar-refractivity contribution is 5.69. The monoisotopic (exact) mass is 411 g/mol. The van der Waals surface area contributed by atoms with Crippen LogP contribution in [0.2, 0.25) is 0 Å². The topological polar surface area (TPSA) is 56.6 Å². The molecule has 0 saturated heterocycles. The number of carbonyl (C=O) groups is 1. The number of amides is 1. The number of carbonyl (C=O) groups excluding carboxylic acids is 1. The minimum atomic E-state index is -0.279. The fourth-order valence-electron chi connectivity index (χ4n) is 4.08. The molecule has 0 aliphatic heterocycles. The molecule has 2 aliphatic carbocycles. The van der Waals surface area contributed by atoms with Crippen LogP contribution in [0, 0.1) is 5.92 Å². The minimum Gasteiger partial charge on any atom is -0.490 e. The molecule has 0 unspecified atom stereocenters. The number of aromatic nitrogens is 2. The van der Waals surface area contributed by atoms with Gasteiger partial charge in [-0.3, -0.25) is 4.68 Å². The molecule has 162 valence electrons. The second-order valence-electron chi connectivity index (χ2n) is 8.74. The molecule has 2 saturated carbocycles. The van der Waals surface area contributed by atoms with E-state index in [1.807, 2.05) is 25.4 Å². The summed E-state index contributed by atoms with van der Waals surface area (Å²) in [6, 6.07) is 8.17. The predicted octanol–water partition coefficient (Wildman–Crippen LogP) is 5.17. The van der Waals surface area contributed by atoms with Gasteiger partial charge in [0.2, 0.25) is 0 Å². The van der Waals surface area contributed by atoms with Crippen molar-refractivity contribution in [2.45, 2.75) is 64.1 Å².